The fourth-order valence-electron chi connectivity index (χ4n) is 1.99. The summed E-state index contributed by atoms with van der Waals surface area (Å²) in [5.41, 5.74) is 0.940. The van der Waals surface area contributed by atoms with Crippen LogP contribution in [-0.4, -0.2) is 44.3 Å². The second kappa shape index (κ2) is 7.21. The van der Waals surface area contributed by atoms with Crippen molar-refractivity contribution >= 4 is 21.6 Å². The fourth-order valence-corrected chi connectivity index (χ4v) is 3.07. The van der Waals surface area contributed by atoms with E-state index in [0.717, 1.165) is 4.31 Å². The highest BCUT2D eigenvalue weighted by Gasteiger charge is 2.24. The molecule has 7 nitrogen and oxygen atoms in total. The molecule has 1 aromatic heterocycles. The Kier molecular flexibility index (Phi) is 5.28. The van der Waals surface area contributed by atoms with Crippen molar-refractivity contribution in [2.75, 3.05) is 25.5 Å². The first-order chi connectivity index (χ1) is 11.4. The number of nitriles is 1. The van der Waals surface area contributed by atoms with E-state index in [1.807, 2.05) is 6.07 Å². The molecule has 1 amide bonds. The van der Waals surface area contributed by atoms with E-state index in [0.29, 0.717) is 11.3 Å². The van der Waals surface area contributed by atoms with Crippen LogP contribution in [0.15, 0.2) is 53.7 Å². The van der Waals surface area contributed by atoms with Crippen molar-refractivity contribution in [2.45, 2.75) is 4.90 Å². The van der Waals surface area contributed by atoms with Crippen LogP contribution in [-0.2, 0) is 14.8 Å². The van der Waals surface area contributed by atoms with Gasteiger partial charge in [0, 0.05) is 32.2 Å². The van der Waals surface area contributed by atoms with Crippen molar-refractivity contribution in [2.24, 2.45) is 0 Å². The Morgan fingerprint density at radius 1 is 1.25 bits per heavy atom. The third-order valence-corrected chi connectivity index (χ3v) is 5.22. The Morgan fingerprint density at radius 3 is 2.62 bits per heavy atom. The lowest BCUT2D eigenvalue weighted by atomic mass is 10.2. The Balaban J connectivity index is 2.15. The number of carbonyl (C=O) groups is 1. The van der Waals surface area contributed by atoms with Crippen LogP contribution in [0.2, 0.25) is 0 Å². The number of hydrogen-bond donors (Lipinski definition) is 0. The zero-order chi connectivity index (χ0) is 17.7. The van der Waals surface area contributed by atoms with Crippen LogP contribution in [0.4, 0.5) is 5.69 Å². The topological polar surface area (TPSA) is 94.4 Å². The maximum atomic E-state index is 12.4. The lowest BCUT2D eigenvalue weighted by molar-refractivity contribution is -0.118. The number of hydrogen-bond acceptors (Lipinski definition) is 5. The molecular weight excluding hydrogens is 328 g/mol. The van der Waals surface area contributed by atoms with Crippen molar-refractivity contribution < 1.29 is 13.2 Å². The fraction of sp³-hybridized carbons (Fsp3) is 0.188. The van der Waals surface area contributed by atoms with Gasteiger partial charge in [-0.1, -0.05) is 6.07 Å². The number of nitrogens with zero attached hydrogens (tertiary/aromatic N) is 4. The molecule has 0 saturated heterocycles. The minimum Gasteiger partial charge on any atom is -0.314 e. The molecule has 1 heterocycles. The van der Waals surface area contributed by atoms with Crippen molar-refractivity contribution in [3.63, 3.8) is 0 Å². The summed E-state index contributed by atoms with van der Waals surface area (Å²) in [7, 11) is -0.927. The zero-order valence-electron chi connectivity index (χ0n) is 13.2. The Hall–Kier alpha value is -2.76. The second-order valence-corrected chi connectivity index (χ2v) is 7.11. The number of rotatable bonds is 5. The van der Waals surface area contributed by atoms with Gasteiger partial charge < -0.3 is 4.90 Å². The molecule has 1 aromatic carbocycles. The minimum atomic E-state index is -3.79. The number of anilines is 1. The van der Waals surface area contributed by atoms with Crippen LogP contribution in [0, 0.1) is 11.3 Å². The van der Waals surface area contributed by atoms with Crippen LogP contribution in [0.1, 0.15) is 5.56 Å². The Bertz CT molecular complexity index is 876. The molecular formula is C16H16N4O3S. The summed E-state index contributed by atoms with van der Waals surface area (Å²) in [6.07, 6.45) is 2.70. The summed E-state index contributed by atoms with van der Waals surface area (Å²) in [5.74, 6) is -0.417. The zero-order valence-corrected chi connectivity index (χ0v) is 14.1. The predicted octanol–water partition coefficient (Wildman–Crippen LogP) is 1.24. The van der Waals surface area contributed by atoms with Gasteiger partial charge in [0.25, 0.3) is 0 Å². The van der Waals surface area contributed by atoms with Crippen LogP contribution < -0.4 is 4.90 Å². The molecule has 0 atom stereocenters. The normalized spacial score (nSPS) is 11.1. The molecule has 8 heteroatoms. The first-order valence-corrected chi connectivity index (χ1v) is 8.43. The number of likely N-dealkylation sites (N-methyl/N-ethyl adjacent to an activating group) is 2. The van der Waals surface area contributed by atoms with Crippen molar-refractivity contribution in [3.05, 3.63) is 54.4 Å². The van der Waals surface area contributed by atoms with Gasteiger partial charge in [-0.05, 0) is 30.3 Å². The largest absolute Gasteiger partial charge is 0.314 e. The number of aromatic nitrogens is 1. The average Bonchev–Trinajstić information content (AvgIpc) is 2.61. The van der Waals surface area contributed by atoms with E-state index in [2.05, 4.69) is 4.98 Å². The Morgan fingerprint density at radius 2 is 2.00 bits per heavy atom. The van der Waals surface area contributed by atoms with Gasteiger partial charge in [-0.2, -0.15) is 9.57 Å². The number of pyridine rings is 1. The highest BCUT2D eigenvalue weighted by Crippen LogP contribution is 2.16. The van der Waals surface area contributed by atoms with Gasteiger partial charge in [0.2, 0.25) is 15.9 Å². The average molecular weight is 344 g/mol. The molecule has 24 heavy (non-hydrogen) atoms. The number of carbonyl (C=O) groups excluding carboxylic acids is 1. The van der Waals surface area contributed by atoms with Gasteiger partial charge in [0.15, 0.2) is 0 Å². The predicted molar refractivity (Wildman–Crippen MR) is 88.6 cm³/mol. The third-order valence-electron chi connectivity index (χ3n) is 3.44. The molecule has 2 rings (SSSR count). The van der Waals surface area contributed by atoms with E-state index < -0.39 is 15.9 Å². The lowest BCUT2D eigenvalue weighted by Gasteiger charge is -2.22. The summed E-state index contributed by atoms with van der Waals surface area (Å²) in [4.78, 5) is 17.5. The van der Waals surface area contributed by atoms with Gasteiger partial charge in [-0.25, -0.2) is 8.42 Å². The van der Waals surface area contributed by atoms with Crippen molar-refractivity contribution in [3.8, 4) is 6.07 Å². The second-order valence-electron chi connectivity index (χ2n) is 5.06. The summed E-state index contributed by atoms with van der Waals surface area (Å²) in [6, 6.07) is 11.5. The molecule has 124 valence electrons. The maximum absolute atomic E-state index is 12.4. The first kappa shape index (κ1) is 17.6. The maximum Gasteiger partial charge on any atom is 0.244 e. The van der Waals surface area contributed by atoms with E-state index in [9.17, 15) is 13.2 Å². The quantitative estimate of drug-likeness (QED) is 0.813. The highest BCUT2D eigenvalue weighted by atomic mass is 32.2. The summed E-state index contributed by atoms with van der Waals surface area (Å²) in [6.45, 7) is -0.329. The summed E-state index contributed by atoms with van der Waals surface area (Å²) in [5, 5.41) is 8.91. The molecule has 0 aliphatic carbocycles. The third kappa shape index (κ3) is 3.76. The van der Waals surface area contributed by atoms with Gasteiger partial charge in [0.1, 0.15) is 4.90 Å². The molecule has 0 N–H and O–H groups in total. The molecule has 0 unspecified atom stereocenters. The smallest absolute Gasteiger partial charge is 0.244 e. The van der Waals surface area contributed by atoms with Crippen molar-refractivity contribution in [1.29, 1.82) is 5.26 Å². The summed E-state index contributed by atoms with van der Waals surface area (Å²) >= 11 is 0. The SMILES string of the molecule is CN(C(=O)CN(C)S(=O)(=O)c1cccnc1)c1cccc(C#N)c1. The number of amides is 1. The van der Waals surface area contributed by atoms with Gasteiger partial charge >= 0.3 is 0 Å². The molecule has 0 aliphatic heterocycles. The van der Waals surface area contributed by atoms with Crippen LogP contribution in [0.5, 0.6) is 0 Å². The monoisotopic (exact) mass is 344 g/mol. The highest BCUT2D eigenvalue weighted by molar-refractivity contribution is 7.89. The summed E-state index contributed by atoms with van der Waals surface area (Å²) < 4.78 is 25.8. The van der Waals surface area contributed by atoms with Crippen LogP contribution in [0.3, 0.4) is 0 Å². The number of sulfonamides is 1. The van der Waals surface area contributed by atoms with Crippen molar-refractivity contribution in [1.82, 2.24) is 9.29 Å². The standard InChI is InChI=1S/C16H16N4O3S/c1-19(24(22,23)15-7-4-8-18-11-15)12-16(21)20(2)14-6-3-5-13(9-14)10-17/h3-9,11H,12H2,1-2H3. The minimum absolute atomic E-state index is 0.0226. The van der Waals surface area contributed by atoms with Gasteiger partial charge in [-0.3, -0.25) is 9.78 Å². The molecule has 0 spiro atoms. The molecule has 0 aliphatic rings. The molecule has 0 bridgehead atoms. The Labute approximate surface area is 140 Å². The molecule has 2 aromatic rings. The van der Waals surface area contributed by atoms with Gasteiger partial charge in [0.05, 0.1) is 18.2 Å². The molecule has 0 radical (unpaired) electrons. The molecule has 0 fully saturated rings. The first-order valence-electron chi connectivity index (χ1n) is 6.99. The lowest BCUT2D eigenvalue weighted by Crippen LogP contribution is -2.39. The van der Waals surface area contributed by atoms with E-state index in [1.165, 1.54) is 43.5 Å². The van der Waals surface area contributed by atoms with E-state index in [-0.39, 0.29) is 11.4 Å². The number of benzene rings is 1. The van der Waals surface area contributed by atoms with Gasteiger partial charge in [-0.15, -0.1) is 0 Å². The van der Waals surface area contributed by atoms with Crippen LogP contribution >= 0.6 is 0 Å². The van der Waals surface area contributed by atoms with Crippen LogP contribution in [0.25, 0.3) is 0 Å². The molecule has 0 saturated carbocycles. The van der Waals surface area contributed by atoms with E-state index in [4.69, 9.17) is 5.26 Å². The van der Waals surface area contributed by atoms with E-state index >= 15 is 0 Å². The van der Waals surface area contributed by atoms with E-state index in [1.54, 1.807) is 24.3 Å².